The number of aromatic nitrogens is 2. The Bertz CT molecular complexity index is 827. The molecule has 108 valence electrons. The Labute approximate surface area is 126 Å². The van der Waals surface area contributed by atoms with E-state index in [1.54, 1.807) is 36.5 Å². The van der Waals surface area contributed by atoms with Gasteiger partial charge < -0.3 is 4.74 Å². The number of H-pyrrole nitrogens is 1. The molecule has 3 aromatic rings. The van der Waals surface area contributed by atoms with Crippen molar-refractivity contribution in [2.24, 2.45) is 4.99 Å². The summed E-state index contributed by atoms with van der Waals surface area (Å²) in [6.45, 7) is 0. The van der Waals surface area contributed by atoms with Crippen molar-refractivity contribution < 1.29 is 9.53 Å². The molecular weight excluding hydrogens is 278 g/mol. The third-order valence-corrected chi connectivity index (χ3v) is 2.94. The molecule has 0 fully saturated rings. The van der Waals surface area contributed by atoms with Crippen LogP contribution in [0.4, 0.5) is 4.79 Å². The highest BCUT2D eigenvalue weighted by Crippen LogP contribution is 2.11. The van der Waals surface area contributed by atoms with Gasteiger partial charge in [-0.1, -0.05) is 48.5 Å². The number of nitrogens with one attached hydrogen (secondary N) is 1. The van der Waals surface area contributed by atoms with Crippen LogP contribution in [0.2, 0.25) is 0 Å². The molecule has 2 aromatic carbocycles. The number of rotatable bonds is 2. The molecule has 0 aliphatic heterocycles. The first-order valence-corrected chi connectivity index (χ1v) is 6.74. The standard InChI is InChI=1S/C17H13N3O2/c21-17(22-14-9-5-2-6-10-14)19-15-11-12-18-20-16(15)13-7-3-1-4-8-13/h1-12H,(H,18,19,21). The number of amides is 1. The second-order valence-electron chi connectivity index (χ2n) is 4.47. The average molecular weight is 291 g/mol. The molecule has 0 saturated carbocycles. The molecule has 22 heavy (non-hydrogen) atoms. The van der Waals surface area contributed by atoms with Gasteiger partial charge in [-0.3, -0.25) is 5.10 Å². The number of hydrogen-bond acceptors (Lipinski definition) is 3. The second-order valence-corrected chi connectivity index (χ2v) is 4.47. The van der Waals surface area contributed by atoms with Crippen LogP contribution >= 0.6 is 0 Å². The van der Waals surface area contributed by atoms with Crippen molar-refractivity contribution in [3.8, 4) is 17.0 Å². The van der Waals surface area contributed by atoms with E-state index in [1.165, 1.54) is 0 Å². The van der Waals surface area contributed by atoms with E-state index in [0.717, 1.165) is 5.56 Å². The summed E-state index contributed by atoms with van der Waals surface area (Å²) in [4.78, 5) is 15.9. The van der Waals surface area contributed by atoms with Crippen LogP contribution in [0.25, 0.3) is 11.3 Å². The Balaban J connectivity index is 1.93. The first-order valence-electron chi connectivity index (χ1n) is 6.74. The lowest BCUT2D eigenvalue weighted by molar-refractivity contribution is 0.210. The first-order chi connectivity index (χ1) is 10.8. The highest BCUT2D eigenvalue weighted by molar-refractivity contribution is 5.72. The van der Waals surface area contributed by atoms with Crippen LogP contribution in [0.1, 0.15) is 0 Å². The fourth-order valence-corrected chi connectivity index (χ4v) is 1.96. The van der Waals surface area contributed by atoms with Crippen molar-refractivity contribution in [2.75, 3.05) is 0 Å². The molecular formula is C17H13N3O2. The van der Waals surface area contributed by atoms with E-state index in [9.17, 15) is 4.79 Å². The number of benzene rings is 2. The minimum atomic E-state index is -0.684. The quantitative estimate of drug-likeness (QED) is 0.788. The van der Waals surface area contributed by atoms with Gasteiger partial charge in [-0.05, 0) is 18.2 Å². The molecule has 5 nitrogen and oxygen atoms in total. The Morgan fingerprint density at radius 1 is 0.955 bits per heavy atom. The molecule has 0 aliphatic rings. The van der Waals surface area contributed by atoms with E-state index in [4.69, 9.17) is 4.74 Å². The third-order valence-electron chi connectivity index (χ3n) is 2.94. The summed E-state index contributed by atoms with van der Waals surface area (Å²) in [6, 6.07) is 20.0. The molecule has 0 saturated heterocycles. The van der Waals surface area contributed by atoms with Crippen LogP contribution in [0.5, 0.6) is 5.75 Å². The van der Waals surface area contributed by atoms with Gasteiger partial charge in [0.2, 0.25) is 0 Å². The van der Waals surface area contributed by atoms with Gasteiger partial charge in [0.25, 0.3) is 0 Å². The van der Waals surface area contributed by atoms with E-state index in [-0.39, 0.29) is 0 Å². The summed E-state index contributed by atoms with van der Waals surface area (Å²) in [7, 11) is 0. The number of para-hydroxylation sites is 1. The maximum Gasteiger partial charge on any atom is 0.439 e. The summed E-state index contributed by atoms with van der Waals surface area (Å²) in [6.07, 6.45) is 0.928. The van der Waals surface area contributed by atoms with Gasteiger partial charge in [0.1, 0.15) is 16.8 Å². The molecule has 3 rings (SSSR count). The smallest absolute Gasteiger partial charge is 0.409 e. The molecule has 0 atom stereocenters. The number of hydrogen-bond donors (Lipinski definition) is 1. The van der Waals surface area contributed by atoms with Crippen LogP contribution < -0.4 is 10.1 Å². The van der Waals surface area contributed by atoms with Gasteiger partial charge in [0.15, 0.2) is 0 Å². The van der Waals surface area contributed by atoms with E-state index in [1.807, 2.05) is 36.4 Å². The second kappa shape index (κ2) is 6.49. The zero-order chi connectivity index (χ0) is 15.2. The number of nitrogens with zero attached hydrogens (tertiary/aromatic N) is 2. The lowest BCUT2D eigenvalue weighted by atomic mass is 10.1. The van der Waals surface area contributed by atoms with Crippen LogP contribution in [-0.4, -0.2) is 16.3 Å². The summed E-state index contributed by atoms with van der Waals surface area (Å²) < 4.78 is 5.17. The zero-order valence-corrected chi connectivity index (χ0v) is 11.6. The lowest BCUT2D eigenvalue weighted by Crippen LogP contribution is -2.14. The van der Waals surface area contributed by atoms with Gasteiger partial charge >= 0.3 is 6.09 Å². The summed E-state index contributed by atoms with van der Waals surface area (Å²) in [5, 5.41) is 7.39. The molecule has 1 amide bonds. The summed E-state index contributed by atoms with van der Waals surface area (Å²) in [5.41, 5.74) is 1.46. The molecule has 1 N–H and O–H groups in total. The number of carbonyl (C=O) groups excluding carboxylic acids is 1. The predicted molar refractivity (Wildman–Crippen MR) is 82.1 cm³/mol. The van der Waals surface area contributed by atoms with E-state index < -0.39 is 6.09 Å². The minimum absolute atomic E-state index is 0.450. The molecule has 1 aromatic heterocycles. The molecule has 0 spiro atoms. The Hall–Kier alpha value is -3.21. The maximum absolute atomic E-state index is 11.9. The van der Waals surface area contributed by atoms with E-state index in [0.29, 0.717) is 16.8 Å². The Morgan fingerprint density at radius 3 is 2.36 bits per heavy atom. The summed E-state index contributed by atoms with van der Waals surface area (Å²) >= 11 is 0. The highest BCUT2D eigenvalue weighted by Gasteiger charge is 2.06. The van der Waals surface area contributed by atoms with Gasteiger partial charge in [-0.2, -0.15) is 10.1 Å². The topological polar surface area (TPSA) is 67.3 Å². The van der Waals surface area contributed by atoms with Crippen LogP contribution in [0.15, 0.2) is 77.9 Å². The predicted octanol–water partition coefficient (Wildman–Crippen LogP) is 3.18. The van der Waals surface area contributed by atoms with Crippen LogP contribution in [-0.2, 0) is 0 Å². The molecule has 5 heteroatoms. The van der Waals surface area contributed by atoms with Crippen molar-refractivity contribution in [1.29, 1.82) is 0 Å². The van der Waals surface area contributed by atoms with E-state index >= 15 is 0 Å². The SMILES string of the molecule is O=C(N=c1cc[nH]nc1-c1ccccc1)Oc1ccccc1. The number of carbonyl (C=O) groups is 1. The van der Waals surface area contributed by atoms with Crippen molar-refractivity contribution in [3.63, 3.8) is 0 Å². The van der Waals surface area contributed by atoms with Crippen molar-refractivity contribution >= 4 is 6.09 Å². The Kier molecular flexibility index (Phi) is 4.06. The van der Waals surface area contributed by atoms with Crippen molar-refractivity contribution in [2.45, 2.75) is 0 Å². The fourth-order valence-electron chi connectivity index (χ4n) is 1.96. The zero-order valence-electron chi connectivity index (χ0n) is 11.6. The van der Waals surface area contributed by atoms with E-state index in [2.05, 4.69) is 15.2 Å². The monoisotopic (exact) mass is 291 g/mol. The third kappa shape index (κ3) is 3.27. The molecule has 0 aliphatic carbocycles. The molecule has 1 heterocycles. The van der Waals surface area contributed by atoms with Crippen LogP contribution in [0, 0.1) is 0 Å². The van der Waals surface area contributed by atoms with Gasteiger partial charge in [-0.25, -0.2) is 4.79 Å². The maximum atomic E-state index is 11.9. The van der Waals surface area contributed by atoms with Crippen molar-refractivity contribution in [1.82, 2.24) is 10.2 Å². The number of ether oxygens (including phenoxy) is 1. The fraction of sp³-hybridized carbons (Fsp3) is 0. The average Bonchev–Trinajstić information content (AvgIpc) is 2.57. The van der Waals surface area contributed by atoms with Gasteiger partial charge in [0, 0.05) is 11.8 Å². The highest BCUT2D eigenvalue weighted by atomic mass is 16.5. The normalized spacial score (nSPS) is 11.2. The van der Waals surface area contributed by atoms with Crippen LogP contribution in [0.3, 0.4) is 0 Å². The van der Waals surface area contributed by atoms with Crippen molar-refractivity contribution in [3.05, 3.63) is 78.3 Å². The van der Waals surface area contributed by atoms with Gasteiger partial charge in [0.05, 0.1) is 0 Å². The minimum Gasteiger partial charge on any atom is -0.409 e. The van der Waals surface area contributed by atoms with Gasteiger partial charge in [-0.15, -0.1) is 0 Å². The molecule has 0 radical (unpaired) electrons. The Morgan fingerprint density at radius 2 is 1.64 bits per heavy atom. The lowest BCUT2D eigenvalue weighted by Gasteiger charge is -2.02. The summed E-state index contributed by atoms with van der Waals surface area (Å²) in [5.74, 6) is 0.452. The largest absolute Gasteiger partial charge is 0.439 e. The molecule has 0 bridgehead atoms. The first kappa shape index (κ1) is 13.8. The molecule has 0 unspecified atom stereocenters. The number of aromatic amines is 1.